The van der Waals surface area contributed by atoms with Gasteiger partial charge in [-0.3, -0.25) is 0 Å². The number of aromatic nitrogens is 1. The highest BCUT2D eigenvalue weighted by Gasteiger charge is 2.27. The summed E-state index contributed by atoms with van der Waals surface area (Å²) in [4.78, 5) is 4.55. The van der Waals surface area contributed by atoms with Gasteiger partial charge in [0.2, 0.25) is 0 Å². The Morgan fingerprint density at radius 1 is 1.10 bits per heavy atom. The van der Waals surface area contributed by atoms with Gasteiger partial charge in [0, 0.05) is 18.5 Å². The van der Waals surface area contributed by atoms with Crippen molar-refractivity contribution in [3.63, 3.8) is 0 Å². The second-order valence-corrected chi connectivity index (χ2v) is 7.20. The van der Waals surface area contributed by atoms with E-state index in [0.29, 0.717) is 37.1 Å². The minimum atomic E-state index is -4.31. The number of guanidine groups is 1. The Morgan fingerprint density at radius 3 is 2.39 bits per heavy atom. The smallest absolute Gasteiger partial charge is 0.367 e. The molecule has 0 saturated carbocycles. The fourth-order valence-corrected chi connectivity index (χ4v) is 3.02. The lowest BCUT2D eigenvalue weighted by Crippen LogP contribution is -2.36. The Labute approximate surface area is 181 Å². The molecule has 0 spiro atoms. The molecule has 31 heavy (non-hydrogen) atoms. The number of ether oxygens (including phenoxy) is 1. The lowest BCUT2D eigenvalue weighted by Gasteiger charge is -2.10. The zero-order chi connectivity index (χ0) is 22.7. The Hall–Kier alpha value is -2.55. The SMILES string of the molecule is CCNC(=NCc1ccc(COCC(F)(F)F)cc1)NCc1cc(C(CC)CC)no1. The largest absolute Gasteiger partial charge is 0.411 e. The minimum absolute atomic E-state index is 0.0800. The van der Waals surface area contributed by atoms with Crippen LogP contribution in [-0.4, -0.2) is 30.4 Å². The van der Waals surface area contributed by atoms with Crippen LogP contribution in [0.25, 0.3) is 0 Å². The van der Waals surface area contributed by atoms with E-state index in [2.05, 4.69) is 39.4 Å². The van der Waals surface area contributed by atoms with Crippen molar-refractivity contribution < 1.29 is 22.4 Å². The fraction of sp³-hybridized carbons (Fsp3) is 0.545. The second-order valence-electron chi connectivity index (χ2n) is 7.20. The molecule has 1 aromatic heterocycles. The lowest BCUT2D eigenvalue weighted by molar-refractivity contribution is -0.176. The molecule has 0 unspecified atom stereocenters. The molecule has 6 nitrogen and oxygen atoms in total. The summed E-state index contributed by atoms with van der Waals surface area (Å²) in [6.45, 7) is 6.52. The van der Waals surface area contributed by atoms with Crippen LogP contribution in [0, 0.1) is 0 Å². The number of hydrogen-bond donors (Lipinski definition) is 2. The van der Waals surface area contributed by atoms with Crippen LogP contribution in [0.5, 0.6) is 0 Å². The van der Waals surface area contributed by atoms with Crippen molar-refractivity contribution in [1.82, 2.24) is 15.8 Å². The molecule has 0 bridgehead atoms. The summed E-state index contributed by atoms with van der Waals surface area (Å²) in [6.07, 6.45) is -2.27. The molecule has 172 valence electrons. The van der Waals surface area contributed by atoms with E-state index in [1.807, 2.05) is 25.1 Å². The molecule has 9 heteroatoms. The zero-order valence-electron chi connectivity index (χ0n) is 18.3. The van der Waals surface area contributed by atoms with Gasteiger partial charge in [0.25, 0.3) is 0 Å². The first-order chi connectivity index (χ1) is 14.8. The number of nitrogens with one attached hydrogen (secondary N) is 2. The quantitative estimate of drug-likeness (QED) is 0.384. The van der Waals surface area contributed by atoms with Gasteiger partial charge in [0.15, 0.2) is 11.7 Å². The summed E-state index contributed by atoms with van der Waals surface area (Å²) in [5.41, 5.74) is 2.59. The summed E-state index contributed by atoms with van der Waals surface area (Å²) in [7, 11) is 0. The second kappa shape index (κ2) is 12.3. The Balaban J connectivity index is 1.88. The van der Waals surface area contributed by atoms with Crippen LogP contribution in [0.3, 0.4) is 0 Å². The van der Waals surface area contributed by atoms with E-state index in [1.54, 1.807) is 12.1 Å². The first-order valence-corrected chi connectivity index (χ1v) is 10.5. The predicted molar refractivity (Wildman–Crippen MR) is 114 cm³/mol. The summed E-state index contributed by atoms with van der Waals surface area (Å²) in [6, 6.07) is 9.13. The molecule has 0 atom stereocenters. The Kier molecular flexibility index (Phi) is 9.84. The molecule has 0 saturated heterocycles. The molecule has 1 heterocycles. The number of halogens is 3. The van der Waals surface area contributed by atoms with Gasteiger partial charge < -0.3 is 19.9 Å². The molecule has 0 aliphatic carbocycles. The molecule has 0 radical (unpaired) electrons. The maximum absolute atomic E-state index is 12.1. The highest BCUT2D eigenvalue weighted by atomic mass is 19.4. The van der Waals surface area contributed by atoms with E-state index in [9.17, 15) is 13.2 Å². The first kappa shape index (κ1) is 24.7. The van der Waals surface area contributed by atoms with Gasteiger partial charge in [0.1, 0.15) is 6.61 Å². The zero-order valence-corrected chi connectivity index (χ0v) is 18.3. The third-order valence-corrected chi connectivity index (χ3v) is 4.73. The average molecular weight is 441 g/mol. The number of nitrogens with zero attached hydrogens (tertiary/aromatic N) is 2. The summed E-state index contributed by atoms with van der Waals surface area (Å²) in [5, 5.41) is 10.6. The number of hydrogen-bond acceptors (Lipinski definition) is 4. The minimum Gasteiger partial charge on any atom is -0.367 e. The average Bonchev–Trinajstić information content (AvgIpc) is 3.20. The maximum Gasteiger partial charge on any atom is 0.411 e. The predicted octanol–water partition coefficient (Wildman–Crippen LogP) is 4.91. The van der Waals surface area contributed by atoms with Crippen LogP contribution in [-0.2, 0) is 24.4 Å². The molecular weight excluding hydrogens is 409 g/mol. The third-order valence-electron chi connectivity index (χ3n) is 4.73. The van der Waals surface area contributed by atoms with E-state index < -0.39 is 12.8 Å². The number of alkyl halides is 3. The first-order valence-electron chi connectivity index (χ1n) is 10.5. The highest BCUT2D eigenvalue weighted by molar-refractivity contribution is 5.79. The van der Waals surface area contributed by atoms with E-state index in [-0.39, 0.29) is 6.61 Å². The van der Waals surface area contributed by atoms with Crippen molar-refractivity contribution in [2.75, 3.05) is 13.2 Å². The molecular formula is C22H31F3N4O2. The van der Waals surface area contributed by atoms with Crippen molar-refractivity contribution in [2.45, 2.75) is 65.4 Å². The normalized spacial score (nSPS) is 12.4. The Morgan fingerprint density at radius 2 is 1.77 bits per heavy atom. The fourth-order valence-electron chi connectivity index (χ4n) is 3.02. The molecule has 0 fully saturated rings. The van der Waals surface area contributed by atoms with Gasteiger partial charge in [-0.15, -0.1) is 0 Å². The Bertz CT molecular complexity index is 800. The van der Waals surface area contributed by atoms with E-state index in [4.69, 9.17) is 4.52 Å². The molecule has 0 aliphatic heterocycles. The van der Waals surface area contributed by atoms with Crippen LogP contribution in [0.2, 0.25) is 0 Å². The van der Waals surface area contributed by atoms with Gasteiger partial charge in [-0.25, -0.2) is 4.99 Å². The molecule has 2 rings (SSSR count). The van der Waals surface area contributed by atoms with Crippen LogP contribution in [0.15, 0.2) is 39.8 Å². The molecule has 2 N–H and O–H groups in total. The van der Waals surface area contributed by atoms with Crippen molar-refractivity contribution in [2.24, 2.45) is 4.99 Å². The summed E-state index contributed by atoms with van der Waals surface area (Å²) < 4.78 is 46.5. The van der Waals surface area contributed by atoms with Crippen LogP contribution >= 0.6 is 0 Å². The van der Waals surface area contributed by atoms with Crippen molar-refractivity contribution in [3.05, 3.63) is 52.9 Å². The molecule has 0 amide bonds. The van der Waals surface area contributed by atoms with Gasteiger partial charge in [-0.05, 0) is 30.9 Å². The maximum atomic E-state index is 12.1. The molecule has 0 aliphatic rings. The summed E-state index contributed by atoms with van der Waals surface area (Å²) >= 11 is 0. The van der Waals surface area contributed by atoms with E-state index >= 15 is 0 Å². The molecule has 1 aromatic carbocycles. The third kappa shape index (κ3) is 9.00. The number of rotatable bonds is 11. The van der Waals surface area contributed by atoms with Crippen LogP contribution in [0.4, 0.5) is 13.2 Å². The highest BCUT2D eigenvalue weighted by Crippen LogP contribution is 2.22. The van der Waals surface area contributed by atoms with Gasteiger partial charge in [-0.2, -0.15) is 13.2 Å². The van der Waals surface area contributed by atoms with Crippen LogP contribution < -0.4 is 10.6 Å². The monoisotopic (exact) mass is 440 g/mol. The lowest BCUT2D eigenvalue weighted by atomic mass is 9.99. The van der Waals surface area contributed by atoms with Crippen molar-refractivity contribution in [1.29, 1.82) is 0 Å². The number of aliphatic imine (C=N–C) groups is 1. The standard InChI is InChI=1S/C22H31F3N4O2/c1-4-18(5-2)20-11-19(31-29-20)13-28-21(26-6-3)27-12-16-7-9-17(10-8-16)14-30-15-22(23,24)25/h7-11,18H,4-6,12-15H2,1-3H3,(H2,26,27,28). The van der Waals surface area contributed by atoms with E-state index in [1.165, 1.54) is 0 Å². The van der Waals surface area contributed by atoms with Crippen LogP contribution in [0.1, 0.15) is 62.1 Å². The molecule has 2 aromatic rings. The van der Waals surface area contributed by atoms with E-state index in [0.717, 1.165) is 29.9 Å². The van der Waals surface area contributed by atoms with Crippen molar-refractivity contribution >= 4 is 5.96 Å². The van der Waals surface area contributed by atoms with Gasteiger partial charge >= 0.3 is 6.18 Å². The van der Waals surface area contributed by atoms with Gasteiger partial charge in [-0.1, -0.05) is 43.3 Å². The summed E-state index contributed by atoms with van der Waals surface area (Å²) in [5.74, 6) is 1.79. The van der Waals surface area contributed by atoms with Gasteiger partial charge in [0.05, 0.1) is 25.4 Å². The van der Waals surface area contributed by atoms with Crippen molar-refractivity contribution in [3.8, 4) is 0 Å². The number of benzene rings is 1. The topological polar surface area (TPSA) is 71.7 Å².